The number of hydrogen-bond acceptors (Lipinski definition) is 3. The number of aliphatic carboxylic acids is 1. The third kappa shape index (κ3) is 5.59. The fourth-order valence-electron chi connectivity index (χ4n) is 2.59. The molecule has 1 aliphatic heterocycles. The molecular weight excluding hydrogens is 244 g/mol. The Bertz CT molecular complexity index is 328. The van der Waals surface area contributed by atoms with Crippen LogP contribution in [0.25, 0.3) is 0 Å². The number of hydrogen-bond donors (Lipinski definition) is 2. The number of amides is 1. The molecule has 0 spiro atoms. The molecule has 0 bridgehead atoms. The lowest BCUT2D eigenvalue weighted by molar-refractivity contribution is -0.145. The van der Waals surface area contributed by atoms with Crippen molar-refractivity contribution in [3.63, 3.8) is 0 Å². The van der Waals surface area contributed by atoms with Crippen molar-refractivity contribution in [3.05, 3.63) is 0 Å². The van der Waals surface area contributed by atoms with Crippen LogP contribution in [0.5, 0.6) is 0 Å². The summed E-state index contributed by atoms with van der Waals surface area (Å²) in [6.07, 6.45) is 2.27. The number of rotatable bonds is 4. The monoisotopic (exact) mass is 270 g/mol. The van der Waals surface area contributed by atoms with Crippen LogP contribution >= 0.6 is 0 Å². The maximum absolute atomic E-state index is 12.1. The Labute approximate surface area is 115 Å². The van der Waals surface area contributed by atoms with Crippen molar-refractivity contribution in [2.24, 2.45) is 17.1 Å². The topological polar surface area (TPSA) is 83.6 Å². The van der Waals surface area contributed by atoms with E-state index in [0.29, 0.717) is 32.4 Å². The van der Waals surface area contributed by atoms with Crippen molar-refractivity contribution in [2.45, 2.75) is 52.5 Å². The molecule has 0 aromatic heterocycles. The molecule has 0 saturated carbocycles. The Morgan fingerprint density at radius 3 is 2.26 bits per heavy atom. The first-order valence-electron chi connectivity index (χ1n) is 6.95. The maximum Gasteiger partial charge on any atom is 0.306 e. The minimum atomic E-state index is -0.753. The first kappa shape index (κ1) is 16.0. The summed E-state index contributed by atoms with van der Waals surface area (Å²) < 4.78 is 0. The molecule has 1 aliphatic rings. The second-order valence-corrected chi connectivity index (χ2v) is 6.72. The smallest absolute Gasteiger partial charge is 0.306 e. The molecule has 5 nitrogen and oxygen atoms in total. The van der Waals surface area contributed by atoms with Gasteiger partial charge in [0.2, 0.25) is 5.91 Å². The van der Waals surface area contributed by atoms with E-state index in [-0.39, 0.29) is 23.3 Å². The molecule has 19 heavy (non-hydrogen) atoms. The van der Waals surface area contributed by atoms with E-state index < -0.39 is 5.97 Å². The molecule has 3 N–H and O–H groups in total. The average molecular weight is 270 g/mol. The number of piperidine rings is 1. The van der Waals surface area contributed by atoms with Crippen LogP contribution in [0, 0.1) is 11.3 Å². The number of carbonyl (C=O) groups is 2. The normalized spacial score (nSPS) is 19.3. The van der Waals surface area contributed by atoms with E-state index in [1.807, 2.05) is 0 Å². The van der Waals surface area contributed by atoms with E-state index in [1.165, 1.54) is 0 Å². The van der Waals surface area contributed by atoms with E-state index in [9.17, 15) is 9.59 Å². The van der Waals surface area contributed by atoms with Gasteiger partial charge in [-0.1, -0.05) is 20.8 Å². The lowest BCUT2D eigenvalue weighted by atomic mass is 9.87. The molecule has 110 valence electrons. The molecule has 0 aromatic carbocycles. The minimum absolute atomic E-state index is 0.0561. The summed E-state index contributed by atoms with van der Waals surface area (Å²) in [6.45, 7) is 7.40. The Morgan fingerprint density at radius 1 is 1.32 bits per heavy atom. The van der Waals surface area contributed by atoms with Crippen LogP contribution in [0.3, 0.4) is 0 Å². The highest BCUT2D eigenvalue weighted by molar-refractivity contribution is 5.77. The third-order valence-electron chi connectivity index (χ3n) is 3.51. The fourth-order valence-corrected chi connectivity index (χ4v) is 2.59. The Morgan fingerprint density at radius 2 is 1.84 bits per heavy atom. The number of nitrogens with zero attached hydrogens (tertiary/aromatic N) is 1. The number of nitrogens with two attached hydrogens (primary N) is 1. The van der Waals surface area contributed by atoms with E-state index >= 15 is 0 Å². The molecule has 1 atom stereocenters. The molecule has 5 heteroatoms. The lowest BCUT2D eigenvalue weighted by Gasteiger charge is -2.31. The van der Waals surface area contributed by atoms with E-state index in [2.05, 4.69) is 20.8 Å². The van der Waals surface area contributed by atoms with Gasteiger partial charge in [-0.3, -0.25) is 9.59 Å². The average Bonchev–Trinajstić information content (AvgIpc) is 2.26. The van der Waals surface area contributed by atoms with Crippen LogP contribution in [0.2, 0.25) is 0 Å². The van der Waals surface area contributed by atoms with Crippen LogP contribution in [0.1, 0.15) is 46.5 Å². The standard InChI is InChI=1S/C14H26N2O3/c1-14(2,3)9-11(15)8-12(17)16-6-4-10(5-7-16)13(18)19/h10-11H,4-9,15H2,1-3H3,(H,18,19). The van der Waals surface area contributed by atoms with E-state index in [4.69, 9.17) is 10.8 Å². The van der Waals surface area contributed by atoms with Crippen molar-refractivity contribution in [3.8, 4) is 0 Å². The molecule has 0 aromatic rings. The van der Waals surface area contributed by atoms with Crippen molar-refractivity contribution < 1.29 is 14.7 Å². The van der Waals surface area contributed by atoms with Gasteiger partial charge in [0.25, 0.3) is 0 Å². The van der Waals surface area contributed by atoms with Crippen molar-refractivity contribution in [1.29, 1.82) is 0 Å². The summed E-state index contributed by atoms with van der Waals surface area (Å²) in [5.41, 5.74) is 6.12. The molecule has 1 fully saturated rings. The summed E-state index contributed by atoms with van der Waals surface area (Å²) in [6, 6.07) is -0.121. The predicted molar refractivity (Wildman–Crippen MR) is 73.6 cm³/mol. The highest BCUT2D eigenvalue weighted by Crippen LogP contribution is 2.22. The van der Waals surface area contributed by atoms with Gasteiger partial charge in [-0.2, -0.15) is 0 Å². The molecule has 1 saturated heterocycles. The van der Waals surface area contributed by atoms with Crippen LogP contribution in [0.15, 0.2) is 0 Å². The SMILES string of the molecule is CC(C)(C)CC(N)CC(=O)N1CCC(C(=O)O)CC1. The highest BCUT2D eigenvalue weighted by Gasteiger charge is 2.28. The maximum atomic E-state index is 12.1. The second kappa shape index (κ2) is 6.37. The van der Waals surface area contributed by atoms with Crippen molar-refractivity contribution in [1.82, 2.24) is 4.90 Å². The quantitative estimate of drug-likeness (QED) is 0.810. The van der Waals surface area contributed by atoms with Crippen LogP contribution < -0.4 is 5.73 Å². The lowest BCUT2D eigenvalue weighted by Crippen LogP contribution is -2.42. The molecule has 0 aliphatic carbocycles. The minimum Gasteiger partial charge on any atom is -0.481 e. The number of carboxylic acid groups (broad SMARTS) is 1. The van der Waals surface area contributed by atoms with Crippen molar-refractivity contribution >= 4 is 11.9 Å². The first-order valence-corrected chi connectivity index (χ1v) is 6.95. The molecular formula is C14H26N2O3. The summed E-state index contributed by atoms with van der Waals surface area (Å²) >= 11 is 0. The first-order chi connectivity index (χ1) is 8.69. The summed E-state index contributed by atoms with van der Waals surface area (Å²) in [5.74, 6) is -0.996. The van der Waals surface area contributed by atoms with Gasteiger partial charge in [-0.25, -0.2) is 0 Å². The Kier molecular flexibility index (Phi) is 5.35. The van der Waals surface area contributed by atoms with Gasteiger partial charge < -0.3 is 15.7 Å². The number of likely N-dealkylation sites (tertiary alicyclic amines) is 1. The molecule has 0 radical (unpaired) electrons. The van der Waals surface area contributed by atoms with Gasteiger partial charge in [-0.05, 0) is 24.7 Å². The van der Waals surface area contributed by atoms with Gasteiger partial charge in [0.15, 0.2) is 0 Å². The van der Waals surface area contributed by atoms with Gasteiger partial charge in [0, 0.05) is 25.6 Å². The van der Waals surface area contributed by atoms with Gasteiger partial charge >= 0.3 is 5.97 Å². The van der Waals surface area contributed by atoms with Crippen LogP contribution in [-0.4, -0.2) is 41.0 Å². The largest absolute Gasteiger partial charge is 0.481 e. The summed E-state index contributed by atoms with van der Waals surface area (Å²) in [5, 5.41) is 8.91. The summed E-state index contributed by atoms with van der Waals surface area (Å²) in [7, 11) is 0. The Hall–Kier alpha value is -1.10. The van der Waals surface area contributed by atoms with Crippen LogP contribution in [-0.2, 0) is 9.59 Å². The zero-order valence-corrected chi connectivity index (χ0v) is 12.2. The zero-order valence-electron chi connectivity index (χ0n) is 12.2. The highest BCUT2D eigenvalue weighted by atomic mass is 16.4. The fraction of sp³-hybridized carbons (Fsp3) is 0.857. The molecule has 1 amide bonds. The summed E-state index contributed by atoms with van der Waals surface area (Å²) in [4.78, 5) is 24.7. The van der Waals surface area contributed by atoms with Gasteiger partial charge in [0.1, 0.15) is 0 Å². The van der Waals surface area contributed by atoms with Gasteiger partial charge in [0.05, 0.1) is 5.92 Å². The molecule has 1 rings (SSSR count). The Balaban J connectivity index is 2.37. The van der Waals surface area contributed by atoms with E-state index in [0.717, 1.165) is 6.42 Å². The van der Waals surface area contributed by atoms with Crippen LogP contribution in [0.4, 0.5) is 0 Å². The second-order valence-electron chi connectivity index (χ2n) is 6.72. The third-order valence-corrected chi connectivity index (χ3v) is 3.51. The van der Waals surface area contributed by atoms with Crippen molar-refractivity contribution in [2.75, 3.05) is 13.1 Å². The number of carbonyl (C=O) groups excluding carboxylic acids is 1. The molecule has 1 heterocycles. The van der Waals surface area contributed by atoms with E-state index in [1.54, 1.807) is 4.90 Å². The predicted octanol–water partition coefficient (Wildman–Crippen LogP) is 1.46. The number of carboxylic acids is 1. The molecule has 1 unspecified atom stereocenters. The zero-order chi connectivity index (χ0) is 14.6. The van der Waals surface area contributed by atoms with Gasteiger partial charge in [-0.15, -0.1) is 0 Å².